The van der Waals surface area contributed by atoms with Crippen LogP contribution in [0.4, 0.5) is 0 Å². The Hall–Kier alpha value is -1.70. The van der Waals surface area contributed by atoms with Crippen LogP contribution in [-0.2, 0) is 6.54 Å². The zero-order valence-electron chi connectivity index (χ0n) is 10.7. The Morgan fingerprint density at radius 3 is 2.65 bits per heavy atom. The summed E-state index contributed by atoms with van der Waals surface area (Å²) in [5.74, 6) is 0.613. The van der Waals surface area contributed by atoms with Gasteiger partial charge in [0.2, 0.25) is 0 Å². The predicted molar refractivity (Wildman–Crippen MR) is 73.4 cm³/mol. The van der Waals surface area contributed by atoms with Crippen molar-refractivity contribution in [1.82, 2.24) is 4.57 Å². The molecule has 0 atom stereocenters. The van der Waals surface area contributed by atoms with E-state index in [9.17, 15) is 5.11 Å². The molecule has 0 unspecified atom stereocenters. The fraction of sp³-hybridized carbons (Fsp3) is 0.333. The van der Waals surface area contributed by atoms with Gasteiger partial charge in [-0.05, 0) is 18.4 Å². The standard InChI is InChI=1S/C15H19NO/c1-5-16-9-14(11(4)17)13-8-6-7-12(10(2)3)15(13)16/h6-10,17H,4-5H2,1-3H3. The first-order valence-corrected chi connectivity index (χ1v) is 6.06. The third-order valence-electron chi connectivity index (χ3n) is 3.20. The SMILES string of the molecule is C=C(O)c1cn(CC)c2c(C(C)C)cccc12. The van der Waals surface area contributed by atoms with Gasteiger partial charge in [-0.2, -0.15) is 0 Å². The van der Waals surface area contributed by atoms with E-state index in [-0.39, 0.29) is 5.76 Å². The molecule has 0 saturated carbocycles. The fourth-order valence-corrected chi connectivity index (χ4v) is 2.33. The minimum Gasteiger partial charge on any atom is -0.508 e. The fourth-order valence-electron chi connectivity index (χ4n) is 2.33. The van der Waals surface area contributed by atoms with Crippen LogP contribution in [0.2, 0.25) is 0 Å². The van der Waals surface area contributed by atoms with E-state index in [0.29, 0.717) is 5.92 Å². The van der Waals surface area contributed by atoms with Crippen LogP contribution in [0.3, 0.4) is 0 Å². The van der Waals surface area contributed by atoms with Crippen molar-refractivity contribution in [2.75, 3.05) is 0 Å². The van der Waals surface area contributed by atoms with E-state index in [1.807, 2.05) is 18.3 Å². The second kappa shape index (κ2) is 4.28. The van der Waals surface area contributed by atoms with E-state index >= 15 is 0 Å². The lowest BCUT2D eigenvalue weighted by Gasteiger charge is -2.10. The molecular formula is C15H19NO. The van der Waals surface area contributed by atoms with Gasteiger partial charge in [-0.3, -0.25) is 0 Å². The van der Waals surface area contributed by atoms with Crippen molar-refractivity contribution < 1.29 is 5.11 Å². The molecule has 0 aliphatic heterocycles. The van der Waals surface area contributed by atoms with Crippen LogP contribution in [0.5, 0.6) is 0 Å². The Bertz CT molecular complexity index is 564. The quantitative estimate of drug-likeness (QED) is 0.779. The molecule has 90 valence electrons. The van der Waals surface area contributed by atoms with Crippen LogP contribution in [0, 0.1) is 0 Å². The van der Waals surface area contributed by atoms with Gasteiger partial charge in [0.25, 0.3) is 0 Å². The highest BCUT2D eigenvalue weighted by molar-refractivity contribution is 5.93. The van der Waals surface area contributed by atoms with Gasteiger partial charge in [0.15, 0.2) is 0 Å². The molecule has 0 bridgehead atoms. The van der Waals surface area contributed by atoms with Crippen molar-refractivity contribution in [2.45, 2.75) is 33.2 Å². The van der Waals surface area contributed by atoms with Crippen molar-refractivity contribution in [3.63, 3.8) is 0 Å². The van der Waals surface area contributed by atoms with Gasteiger partial charge >= 0.3 is 0 Å². The summed E-state index contributed by atoms with van der Waals surface area (Å²) in [6, 6.07) is 6.25. The number of aryl methyl sites for hydroxylation is 1. The molecule has 2 nitrogen and oxygen atoms in total. The molecule has 0 radical (unpaired) electrons. The summed E-state index contributed by atoms with van der Waals surface area (Å²) in [6.07, 6.45) is 1.98. The molecular weight excluding hydrogens is 210 g/mol. The average Bonchev–Trinajstić information content (AvgIpc) is 2.67. The van der Waals surface area contributed by atoms with E-state index in [4.69, 9.17) is 0 Å². The van der Waals surface area contributed by atoms with Crippen molar-refractivity contribution in [1.29, 1.82) is 0 Å². The molecule has 17 heavy (non-hydrogen) atoms. The van der Waals surface area contributed by atoms with Crippen LogP contribution in [-0.4, -0.2) is 9.67 Å². The Balaban J connectivity index is 2.84. The van der Waals surface area contributed by atoms with Crippen LogP contribution >= 0.6 is 0 Å². The lowest BCUT2D eigenvalue weighted by atomic mass is 9.99. The van der Waals surface area contributed by atoms with Gasteiger partial charge in [0, 0.05) is 23.7 Å². The number of benzene rings is 1. The Morgan fingerprint density at radius 2 is 2.12 bits per heavy atom. The van der Waals surface area contributed by atoms with E-state index in [0.717, 1.165) is 17.5 Å². The number of nitrogens with zero attached hydrogens (tertiary/aromatic N) is 1. The molecule has 0 amide bonds. The molecule has 0 aliphatic rings. The first kappa shape index (κ1) is 11.8. The topological polar surface area (TPSA) is 25.2 Å². The van der Waals surface area contributed by atoms with Gasteiger partial charge in [0.05, 0.1) is 5.52 Å². The third kappa shape index (κ3) is 1.84. The highest BCUT2D eigenvalue weighted by Gasteiger charge is 2.14. The Morgan fingerprint density at radius 1 is 1.41 bits per heavy atom. The normalized spacial score (nSPS) is 11.3. The molecule has 1 aromatic carbocycles. The zero-order chi connectivity index (χ0) is 12.6. The molecule has 1 aromatic heterocycles. The number of rotatable bonds is 3. The maximum Gasteiger partial charge on any atom is 0.117 e. The largest absolute Gasteiger partial charge is 0.508 e. The lowest BCUT2D eigenvalue weighted by molar-refractivity contribution is 0.514. The lowest BCUT2D eigenvalue weighted by Crippen LogP contribution is -1.96. The number of hydrogen-bond acceptors (Lipinski definition) is 1. The summed E-state index contributed by atoms with van der Waals surface area (Å²) in [7, 11) is 0. The second-order valence-electron chi connectivity index (χ2n) is 4.67. The van der Waals surface area contributed by atoms with Crippen LogP contribution in [0.1, 0.15) is 37.8 Å². The average molecular weight is 229 g/mol. The first-order valence-electron chi connectivity index (χ1n) is 6.06. The van der Waals surface area contributed by atoms with Crippen molar-refractivity contribution in [3.8, 4) is 0 Å². The van der Waals surface area contributed by atoms with Gasteiger partial charge in [-0.15, -0.1) is 0 Å². The smallest absolute Gasteiger partial charge is 0.117 e. The zero-order valence-corrected chi connectivity index (χ0v) is 10.7. The number of aliphatic hydroxyl groups excluding tert-OH is 1. The summed E-state index contributed by atoms with van der Waals surface area (Å²) in [4.78, 5) is 0. The van der Waals surface area contributed by atoms with Crippen molar-refractivity contribution >= 4 is 16.7 Å². The minimum absolute atomic E-state index is 0.142. The first-order chi connectivity index (χ1) is 8.06. The molecule has 1 N–H and O–H groups in total. The van der Waals surface area contributed by atoms with E-state index in [1.54, 1.807) is 0 Å². The minimum atomic E-state index is 0.142. The second-order valence-corrected chi connectivity index (χ2v) is 4.67. The van der Waals surface area contributed by atoms with Crippen LogP contribution in [0.15, 0.2) is 31.0 Å². The van der Waals surface area contributed by atoms with Gasteiger partial charge in [-0.1, -0.05) is 38.6 Å². The summed E-state index contributed by atoms with van der Waals surface area (Å²) < 4.78 is 2.18. The number of hydrogen-bond donors (Lipinski definition) is 1. The maximum atomic E-state index is 9.65. The monoisotopic (exact) mass is 229 g/mol. The van der Waals surface area contributed by atoms with Gasteiger partial charge < -0.3 is 9.67 Å². The molecule has 1 heterocycles. The van der Waals surface area contributed by atoms with Crippen LogP contribution in [0.25, 0.3) is 16.7 Å². The molecule has 2 heteroatoms. The van der Waals surface area contributed by atoms with E-state index in [1.165, 1.54) is 11.1 Å². The maximum absolute atomic E-state index is 9.65. The summed E-state index contributed by atoms with van der Waals surface area (Å²) in [5.41, 5.74) is 3.37. The van der Waals surface area contributed by atoms with E-state index in [2.05, 4.69) is 38.0 Å². The molecule has 0 fully saturated rings. The highest BCUT2D eigenvalue weighted by Crippen LogP contribution is 2.31. The van der Waals surface area contributed by atoms with Crippen molar-refractivity contribution in [2.24, 2.45) is 0 Å². The summed E-state index contributed by atoms with van der Waals surface area (Å²) in [6.45, 7) is 11.0. The third-order valence-corrected chi connectivity index (χ3v) is 3.20. The molecule has 2 rings (SSSR count). The molecule has 0 aliphatic carbocycles. The summed E-state index contributed by atoms with van der Waals surface area (Å²) in [5, 5.41) is 10.7. The highest BCUT2D eigenvalue weighted by atomic mass is 16.3. The predicted octanol–water partition coefficient (Wildman–Crippen LogP) is 4.31. The van der Waals surface area contributed by atoms with Crippen molar-refractivity contribution in [3.05, 3.63) is 42.1 Å². The molecule has 2 aromatic rings. The number of aromatic nitrogens is 1. The van der Waals surface area contributed by atoms with Gasteiger partial charge in [-0.25, -0.2) is 0 Å². The molecule has 0 saturated heterocycles. The Labute approximate surface area is 102 Å². The van der Waals surface area contributed by atoms with E-state index < -0.39 is 0 Å². The van der Waals surface area contributed by atoms with Crippen LogP contribution < -0.4 is 0 Å². The number of aliphatic hydroxyl groups is 1. The van der Waals surface area contributed by atoms with Gasteiger partial charge in [0.1, 0.15) is 5.76 Å². The number of para-hydroxylation sites is 1. The summed E-state index contributed by atoms with van der Waals surface area (Å²) >= 11 is 0. The Kier molecular flexibility index (Phi) is 2.97. The molecule has 0 spiro atoms. The number of fused-ring (bicyclic) bond motifs is 1.